The molecule has 0 spiro atoms. The van der Waals surface area contributed by atoms with E-state index in [9.17, 15) is 0 Å². The number of nitrogens with one attached hydrogen (secondary N) is 1. The Morgan fingerprint density at radius 2 is 2.32 bits per heavy atom. The Morgan fingerprint density at radius 3 is 3.05 bits per heavy atom. The van der Waals surface area contributed by atoms with E-state index < -0.39 is 0 Å². The van der Waals surface area contributed by atoms with E-state index in [-0.39, 0.29) is 10.8 Å². The fourth-order valence-electron chi connectivity index (χ4n) is 2.66. The molecule has 22 heavy (non-hydrogen) atoms. The fourth-order valence-corrected chi connectivity index (χ4v) is 2.84. The average molecular weight is 315 g/mol. The van der Waals surface area contributed by atoms with Gasteiger partial charge in [0, 0.05) is 30.9 Å². The van der Waals surface area contributed by atoms with Gasteiger partial charge in [-0.05, 0) is 11.6 Å². The van der Waals surface area contributed by atoms with Crippen LogP contribution in [0, 0.1) is 11.3 Å². The minimum Gasteiger partial charge on any atom is -0.460 e. The van der Waals surface area contributed by atoms with Crippen LogP contribution < -0.4 is 5.32 Å². The highest BCUT2D eigenvalue weighted by molar-refractivity contribution is 6.28. The lowest BCUT2D eigenvalue weighted by Gasteiger charge is -2.41. The first kappa shape index (κ1) is 13.2. The third-order valence-corrected chi connectivity index (χ3v) is 4.10. The highest BCUT2D eigenvalue weighted by Gasteiger charge is 2.39. The number of nitrogens with zero attached hydrogens (tertiary/aromatic N) is 5. The van der Waals surface area contributed by atoms with Crippen molar-refractivity contribution >= 4 is 22.7 Å². The average Bonchev–Trinajstić information content (AvgIpc) is 3.10. The maximum absolute atomic E-state index is 9.03. The molecule has 1 aliphatic rings. The standard InChI is InChI=1S/C14H11ClN6O/c15-13-19-10-1-4-22-12(10)11(20-13)9-5-18-21(6-9)14(2-3-16)7-17-8-14/h1,4-6,17H,2,7-8H2. The van der Waals surface area contributed by atoms with Crippen molar-refractivity contribution < 1.29 is 4.42 Å². The molecule has 3 aromatic heterocycles. The van der Waals surface area contributed by atoms with E-state index in [4.69, 9.17) is 21.3 Å². The highest BCUT2D eigenvalue weighted by atomic mass is 35.5. The quantitative estimate of drug-likeness (QED) is 0.743. The van der Waals surface area contributed by atoms with Gasteiger partial charge >= 0.3 is 0 Å². The Hall–Kier alpha value is -2.43. The Bertz CT molecular complexity index is 888. The summed E-state index contributed by atoms with van der Waals surface area (Å²) in [6.45, 7) is 1.45. The number of fused-ring (bicyclic) bond motifs is 1. The summed E-state index contributed by atoms with van der Waals surface area (Å²) < 4.78 is 7.28. The van der Waals surface area contributed by atoms with Gasteiger partial charge in [-0.25, -0.2) is 9.97 Å². The summed E-state index contributed by atoms with van der Waals surface area (Å²) >= 11 is 5.97. The van der Waals surface area contributed by atoms with Gasteiger partial charge in [0.2, 0.25) is 5.28 Å². The van der Waals surface area contributed by atoms with Gasteiger partial charge in [0.05, 0.1) is 25.0 Å². The van der Waals surface area contributed by atoms with Gasteiger partial charge < -0.3 is 9.73 Å². The number of hydrogen-bond acceptors (Lipinski definition) is 6. The van der Waals surface area contributed by atoms with E-state index in [0.717, 1.165) is 18.7 Å². The molecule has 7 nitrogen and oxygen atoms in total. The van der Waals surface area contributed by atoms with Crippen LogP contribution in [0.3, 0.4) is 0 Å². The summed E-state index contributed by atoms with van der Waals surface area (Å²) in [5.74, 6) is 0. The SMILES string of the molecule is N#CCC1(n2cc(-c3nc(Cl)nc4ccoc34)cn2)CNC1. The van der Waals surface area contributed by atoms with Crippen molar-refractivity contribution in [2.75, 3.05) is 13.1 Å². The van der Waals surface area contributed by atoms with Gasteiger partial charge in [0.25, 0.3) is 0 Å². The number of halogens is 1. The van der Waals surface area contributed by atoms with Crippen LogP contribution in [0.1, 0.15) is 6.42 Å². The van der Waals surface area contributed by atoms with Gasteiger partial charge in [-0.15, -0.1) is 0 Å². The summed E-state index contributed by atoms with van der Waals surface area (Å²) in [5.41, 5.74) is 2.33. The second-order valence-corrected chi connectivity index (χ2v) is 5.65. The lowest BCUT2D eigenvalue weighted by molar-refractivity contribution is 0.160. The van der Waals surface area contributed by atoms with Gasteiger partial charge in [-0.1, -0.05) is 0 Å². The molecule has 1 N–H and O–H groups in total. The smallest absolute Gasteiger partial charge is 0.223 e. The van der Waals surface area contributed by atoms with Crippen LogP contribution in [0.2, 0.25) is 5.28 Å². The minimum atomic E-state index is -0.286. The maximum atomic E-state index is 9.03. The molecular weight excluding hydrogens is 304 g/mol. The highest BCUT2D eigenvalue weighted by Crippen LogP contribution is 2.31. The van der Waals surface area contributed by atoms with Crippen LogP contribution in [0.5, 0.6) is 0 Å². The molecule has 1 fully saturated rings. The largest absolute Gasteiger partial charge is 0.460 e. The van der Waals surface area contributed by atoms with Crippen LogP contribution in [-0.2, 0) is 5.54 Å². The lowest BCUT2D eigenvalue weighted by atomic mass is 9.89. The molecule has 8 heteroatoms. The van der Waals surface area contributed by atoms with Crippen molar-refractivity contribution in [1.82, 2.24) is 25.1 Å². The van der Waals surface area contributed by atoms with E-state index >= 15 is 0 Å². The predicted octanol–water partition coefficient (Wildman–Crippen LogP) is 1.95. The van der Waals surface area contributed by atoms with E-state index in [0.29, 0.717) is 23.2 Å². The van der Waals surface area contributed by atoms with Crippen LogP contribution in [0.25, 0.3) is 22.4 Å². The first-order valence-electron chi connectivity index (χ1n) is 6.76. The summed E-state index contributed by atoms with van der Waals surface area (Å²) in [4.78, 5) is 8.37. The van der Waals surface area contributed by atoms with Crippen molar-refractivity contribution in [3.05, 3.63) is 30.0 Å². The zero-order valence-electron chi connectivity index (χ0n) is 11.5. The Labute approximate surface area is 130 Å². The number of rotatable bonds is 3. The van der Waals surface area contributed by atoms with E-state index in [1.165, 1.54) is 0 Å². The van der Waals surface area contributed by atoms with Crippen LogP contribution in [-0.4, -0.2) is 32.8 Å². The van der Waals surface area contributed by atoms with Crippen molar-refractivity contribution in [2.45, 2.75) is 12.0 Å². The summed E-state index contributed by atoms with van der Waals surface area (Å²) in [5, 5.41) is 16.8. The Morgan fingerprint density at radius 1 is 1.45 bits per heavy atom. The molecule has 0 radical (unpaired) electrons. The normalized spacial score (nSPS) is 16.4. The zero-order valence-corrected chi connectivity index (χ0v) is 12.2. The van der Waals surface area contributed by atoms with Crippen molar-refractivity contribution in [3.63, 3.8) is 0 Å². The number of furan rings is 1. The number of hydrogen-bond donors (Lipinski definition) is 1. The van der Waals surface area contributed by atoms with Crippen molar-refractivity contribution in [1.29, 1.82) is 5.26 Å². The van der Waals surface area contributed by atoms with Crippen molar-refractivity contribution in [3.8, 4) is 17.3 Å². The summed E-state index contributed by atoms with van der Waals surface area (Å²) in [7, 11) is 0. The van der Waals surface area contributed by atoms with E-state index in [1.807, 2.05) is 10.9 Å². The summed E-state index contributed by atoms with van der Waals surface area (Å²) in [6, 6.07) is 3.97. The molecule has 0 amide bonds. The molecule has 0 unspecified atom stereocenters. The van der Waals surface area contributed by atoms with Gasteiger partial charge in [0.15, 0.2) is 5.58 Å². The van der Waals surface area contributed by atoms with Crippen LogP contribution >= 0.6 is 11.6 Å². The molecule has 1 saturated heterocycles. The molecule has 4 heterocycles. The number of aromatic nitrogens is 4. The Balaban J connectivity index is 1.81. The third-order valence-electron chi connectivity index (χ3n) is 3.93. The van der Waals surface area contributed by atoms with Gasteiger partial charge in [0.1, 0.15) is 16.7 Å². The first-order valence-corrected chi connectivity index (χ1v) is 7.14. The Kier molecular flexibility index (Phi) is 2.89. The maximum Gasteiger partial charge on any atom is 0.223 e. The van der Waals surface area contributed by atoms with E-state index in [1.54, 1.807) is 18.5 Å². The molecule has 4 rings (SSSR count). The predicted molar refractivity (Wildman–Crippen MR) is 79.1 cm³/mol. The van der Waals surface area contributed by atoms with E-state index in [2.05, 4.69) is 26.5 Å². The molecule has 0 atom stereocenters. The second kappa shape index (κ2) is 4.80. The molecule has 0 saturated carbocycles. The first-order chi connectivity index (χ1) is 10.7. The minimum absolute atomic E-state index is 0.161. The monoisotopic (exact) mass is 314 g/mol. The molecule has 0 bridgehead atoms. The lowest BCUT2D eigenvalue weighted by Crippen LogP contribution is -2.60. The molecule has 0 aromatic carbocycles. The van der Waals surface area contributed by atoms with Crippen molar-refractivity contribution in [2.24, 2.45) is 0 Å². The molecular formula is C14H11ClN6O. The molecule has 0 aliphatic carbocycles. The van der Waals surface area contributed by atoms with Crippen LogP contribution in [0.4, 0.5) is 0 Å². The van der Waals surface area contributed by atoms with Crippen LogP contribution in [0.15, 0.2) is 29.1 Å². The fraction of sp³-hybridized carbons (Fsp3) is 0.286. The summed E-state index contributed by atoms with van der Waals surface area (Å²) in [6.07, 6.45) is 5.54. The third kappa shape index (κ3) is 1.89. The topological polar surface area (TPSA) is 92.6 Å². The molecule has 110 valence electrons. The zero-order chi connectivity index (χ0) is 15.2. The van der Waals surface area contributed by atoms with Gasteiger partial charge in [-0.3, -0.25) is 4.68 Å². The molecule has 3 aromatic rings. The second-order valence-electron chi connectivity index (χ2n) is 5.31. The van der Waals surface area contributed by atoms with Gasteiger partial charge in [-0.2, -0.15) is 10.4 Å². The molecule has 1 aliphatic heterocycles. The number of nitriles is 1.